The highest BCUT2D eigenvalue weighted by Gasteiger charge is 2.11. The third-order valence-corrected chi connectivity index (χ3v) is 1.87. The topological polar surface area (TPSA) is 83.3 Å². The summed E-state index contributed by atoms with van der Waals surface area (Å²) in [5.74, 6) is -0.710. The number of carbonyl (C=O) groups is 1. The van der Waals surface area contributed by atoms with Gasteiger partial charge in [-0.25, -0.2) is 14.8 Å². The molecule has 14 heavy (non-hydrogen) atoms. The second-order valence-corrected chi connectivity index (χ2v) is 2.98. The number of carboxylic acids is 1. The molecular formula is C8H9ClN2O3. The van der Waals surface area contributed by atoms with Crippen molar-refractivity contribution in [2.75, 3.05) is 6.61 Å². The summed E-state index contributed by atoms with van der Waals surface area (Å²) in [4.78, 5) is 18.1. The van der Waals surface area contributed by atoms with Gasteiger partial charge in [0.05, 0.1) is 0 Å². The Morgan fingerprint density at radius 1 is 1.57 bits per heavy atom. The third kappa shape index (κ3) is 2.65. The number of hydrogen-bond donors (Lipinski definition) is 2. The number of aromatic nitrogens is 2. The Morgan fingerprint density at radius 3 is 2.79 bits per heavy atom. The fourth-order valence-electron chi connectivity index (χ4n) is 0.896. The minimum Gasteiger partial charge on any atom is -0.478 e. The monoisotopic (exact) mass is 216 g/mol. The van der Waals surface area contributed by atoms with Gasteiger partial charge in [-0.2, -0.15) is 0 Å². The van der Waals surface area contributed by atoms with Crippen molar-refractivity contribution < 1.29 is 15.0 Å². The molecule has 1 aromatic rings. The fourth-order valence-corrected chi connectivity index (χ4v) is 1.12. The molecule has 0 atom stereocenters. The van der Waals surface area contributed by atoms with Gasteiger partial charge in [0.2, 0.25) is 0 Å². The van der Waals surface area contributed by atoms with Crippen LogP contribution in [0.15, 0.2) is 6.20 Å². The summed E-state index contributed by atoms with van der Waals surface area (Å²) in [5, 5.41) is 17.1. The number of aromatic carboxylic acids is 1. The third-order valence-electron chi connectivity index (χ3n) is 1.58. The Labute approximate surface area is 85.4 Å². The number of nitrogens with zero attached hydrogens (tertiary/aromatic N) is 2. The van der Waals surface area contributed by atoms with Crippen molar-refractivity contribution in [2.45, 2.75) is 12.8 Å². The average molecular weight is 217 g/mol. The van der Waals surface area contributed by atoms with E-state index in [1.807, 2.05) is 0 Å². The van der Waals surface area contributed by atoms with Crippen LogP contribution in [0.1, 0.15) is 22.6 Å². The van der Waals surface area contributed by atoms with Crippen LogP contribution < -0.4 is 0 Å². The molecule has 1 rings (SSSR count). The predicted octanol–water partition coefficient (Wildman–Crippen LogP) is 0.753. The lowest BCUT2D eigenvalue weighted by Crippen LogP contribution is -2.04. The maximum absolute atomic E-state index is 10.5. The van der Waals surface area contributed by atoms with Crippen LogP contribution in [0.3, 0.4) is 0 Å². The first kappa shape index (κ1) is 10.9. The molecular weight excluding hydrogens is 208 g/mol. The van der Waals surface area contributed by atoms with Gasteiger partial charge in [-0.05, 0) is 6.42 Å². The quantitative estimate of drug-likeness (QED) is 0.726. The van der Waals surface area contributed by atoms with Crippen LogP contribution >= 0.6 is 11.6 Å². The molecule has 0 saturated carbocycles. The molecule has 2 N–H and O–H groups in total. The molecule has 0 aliphatic rings. The van der Waals surface area contributed by atoms with Crippen LogP contribution in [-0.2, 0) is 6.42 Å². The van der Waals surface area contributed by atoms with Crippen LogP contribution in [0.5, 0.6) is 0 Å². The highest BCUT2D eigenvalue weighted by atomic mass is 35.5. The van der Waals surface area contributed by atoms with E-state index in [2.05, 4.69) is 9.97 Å². The van der Waals surface area contributed by atoms with Gasteiger partial charge < -0.3 is 10.2 Å². The largest absolute Gasteiger partial charge is 0.478 e. The van der Waals surface area contributed by atoms with Crippen molar-refractivity contribution in [3.63, 3.8) is 0 Å². The second kappa shape index (κ2) is 4.88. The first-order chi connectivity index (χ1) is 6.65. The first-order valence-corrected chi connectivity index (χ1v) is 4.38. The molecule has 0 bridgehead atoms. The minimum absolute atomic E-state index is 0.0433. The van der Waals surface area contributed by atoms with Gasteiger partial charge in [0.1, 0.15) is 16.5 Å². The van der Waals surface area contributed by atoms with Crippen LogP contribution in [0, 0.1) is 0 Å². The van der Waals surface area contributed by atoms with Crippen molar-refractivity contribution in [3.8, 4) is 0 Å². The van der Waals surface area contributed by atoms with Crippen LogP contribution in [0.4, 0.5) is 0 Å². The summed E-state index contributed by atoms with van der Waals surface area (Å²) in [6.45, 7) is 0.0433. The smallest absolute Gasteiger partial charge is 0.340 e. The Balaban J connectivity index is 2.83. The van der Waals surface area contributed by atoms with Crippen molar-refractivity contribution in [1.29, 1.82) is 0 Å². The zero-order chi connectivity index (χ0) is 10.6. The van der Waals surface area contributed by atoms with Gasteiger partial charge in [-0.3, -0.25) is 0 Å². The van der Waals surface area contributed by atoms with E-state index in [0.29, 0.717) is 18.7 Å². The van der Waals surface area contributed by atoms with E-state index in [9.17, 15) is 4.79 Å². The summed E-state index contributed by atoms with van der Waals surface area (Å²) >= 11 is 5.61. The molecule has 0 spiro atoms. The molecule has 5 nitrogen and oxygen atoms in total. The van der Waals surface area contributed by atoms with E-state index in [1.165, 1.54) is 6.20 Å². The van der Waals surface area contributed by atoms with Gasteiger partial charge in [-0.1, -0.05) is 11.6 Å². The van der Waals surface area contributed by atoms with Crippen LogP contribution in [0.2, 0.25) is 5.15 Å². The molecule has 0 aliphatic heterocycles. The standard InChI is InChI=1S/C8H9ClN2O3/c9-7-5(8(13)14)4-10-6(11-7)2-1-3-12/h4,12H,1-3H2,(H,13,14). The Kier molecular flexibility index (Phi) is 3.79. The molecule has 0 aliphatic carbocycles. The van der Waals surface area contributed by atoms with Gasteiger partial charge in [0.25, 0.3) is 0 Å². The summed E-state index contributed by atoms with van der Waals surface area (Å²) in [6, 6.07) is 0. The molecule has 76 valence electrons. The Hall–Kier alpha value is -1.20. The SMILES string of the molecule is O=C(O)c1cnc(CCCO)nc1Cl. The molecule has 6 heteroatoms. The normalized spacial score (nSPS) is 10.1. The number of aryl methyl sites for hydroxylation is 1. The molecule has 0 saturated heterocycles. The van der Waals surface area contributed by atoms with E-state index in [-0.39, 0.29) is 17.3 Å². The van der Waals surface area contributed by atoms with Crippen LogP contribution in [0.25, 0.3) is 0 Å². The average Bonchev–Trinajstić information content (AvgIpc) is 2.14. The lowest BCUT2D eigenvalue weighted by atomic mass is 10.3. The maximum atomic E-state index is 10.5. The van der Waals surface area contributed by atoms with E-state index in [0.717, 1.165) is 0 Å². The molecule has 1 aromatic heterocycles. The van der Waals surface area contributed by atoms with Gasteiger partial charge in [0.15, 0.2) is 0 Å². The van der Waals surface area contributed by atoms with Gasteiger partial charge in [-0.15, -0.1) is 0 Å². The lowest BCUT2D eigenvalue weighted by molar-refractivity contribution is 0.0696. The van der Waals surface area contributed by atoms with E-state index in [4.69, 9.17) is 21.8 Å². The molecule has 0 amide bonds. The van der Waals surface area contributed by atoms with Gasteiger partial charge >= 0.3 is 5.97 Å². The minimum atomic E-state index is -1.15. The Bertz CT molecular complexity index is 343. The number of carboxylic acid groups (broad SMARTS) is 1. The zero-order valence-corrected chi connectivity index (χ0v) is 8.03. The summed E-state index contributed by atoms with van der Waals surface area (Å²) in [6.07, 6.45) is 2.18. The molecule has 0 unspecified atom stereocenters. The molecule has 0 aromatic carbocycles. The fraction of sp³-hybridized carbons (Fsp3) is 0.375. The van der Waals surface area contributed by atoms with E-state index < -0.39 is 5.97 Å². The number of aliphatic hydroxyl groups excluding tert-OH is 1. The summed E-state index contributed by atoms with van der Waals surface area (Å²) < 4.78 is 0. The van der Waals surface area contributed by atoms with Gasteiger partial charge in [0, 0.05) is 19.2 Å². The number of halogens is 1. The van der Waals surface area contributed by atoms with Crippen molar-refractivity contribution in [1.82, 2.24) is 9.97 Å². The Morgan fingerprint density at radius 2 is 2.29 bits per heavy atom. The van der Waals surface area contributed by atoms with Crippen molar-refractivity contribution in [2.24, 2.45) is 0 Å². The molecule has 1 heterocycles. The zero-order valence-electron chi connectivity index (χ0n) is 7.27. The molecule has 0 fully saturated rings. The second-order valence-electron chi connectivity index (χ2n) is 2.62. The number of aliphatic hydroxyl groups is 1. The predicted molar refractivity (Wildman–Crippen MR) is 49.4 cm³/mol. The maximum Gasteiger partial charge on any atom is 0.340 e. The van der Waals surface area contributed by atoms with E-state index in [1.54, 1.807) is 0 Å². The lowest BCUT2D eigenvalue weighted by Gasteiger charge is -2.00. The summed E-state index contributed by atoms with van der Waals surface area (Å²) in [5.41, 5.74) is -0.112. The summed E-state index contributed by atoms with van der Waals surface area (Å²) in [7, 11) is 0. The van der Waals surface area contributed by atoms with Crippen molar-refractivity contribution in [3.05, 3.63) is 22.7 Å². The number of rotatable bonds is 4. The first-order valence-electron chi connectivity index (χ1n) is 4.00. The highest BCUT2D eigenvalue weighted by molar-refractivity contribution is 6.32. The van der Waals surface area contributed by atoms with Crippen LogP contribution in [-0.4, -0.2) is 32.8 Å². The van der Waals surface area contributed by atoms with E-state index >= 15 is 0 Å². The highest BCUT2D eigenvalue weighted by Crippen LogP contribution is 2.12. The molecule has 0 radical (unpaired) electrons. The van der Waals surface area contributed by atoms with Crippen molar-refractivity contribution >= 4 is 17.6 Å². The number of hydrogen-bond acceptors (Lipinski definition) is 4.